The molecule has 27 heavy (non-hydrogen) atoms. The summed E-state index contributed by atoms with van der Waals surface area (Å²) in [6, 6.07) is 10.9. The van der Waals surface area contributed by atoms with Crippen LogP contribution in [0.4, 0.5) is 0 Å². The van der Waals surface area contributed by atoms with Gasteiger partial charge in [0.1, 0.15) is 10.6 Å². The van der Waals surface area contributed by atoms with Crippen LogP contribution in [0.2, 0.25) is 5.02 Å². The highest BCUT2D eigenvalue weighted by atomic mass is 35.5. The molecule has 0 aliphatic heterocycles. The lowest BCUT2D eigenvalue weighted by Gasteiger charge is -2.10. The van der Waals surface area contributed by atoms with E-state index < -0.39 is 21.8 Å². The van der Waals surface area contributed by atoms with Gasteiger partial charge in [0.25, 0.3) is 5.91 Å². The minimum absolute atomic E-state index is 0.0112. The standard InChI is InChI=1S/C17H18ClN3O5S/c1-11-3-2-4-13(9-11)26-8-7-16(22)20-21-17(23)12-5-6-14(18)15(10-12)27(19,24)25/h2-6,9-10H,7-8H2,1H3,(H,20,22)(H,21,23)(H2,19,24,25). The van der Waals surface area contributed by atoms with Crippen molar-refractivity contribution in [3.8, 4) is 5.75 Å². The molecule has 0 atom stereocenters. The Morgan fingerprint density at radius 3 is 2.56 bits per heavy atom. The Balaban J connectivity index is 1.85. The fourth-order valence-electron chi connectivity index (χ4n) is 2.09. The molecule has 0 saturated carbocycles. The molecule has 2 aromatic carbocycles. The van der Waals surface area contributed by atoms with Crippen molar-refractivity contribution >= 4 is 33.4 Å². The van der Waals surface area contributed by atoms with Crippen LogP contribution in [0.1, 0.15) is 22.3 Å². The second-order valence-electron chi connectivity index (χ2n) is 5.61. The van der Waals surface area contributed by atoms with Crippen molar-refractivity contribution in [1.82, 2.24) is 10.9 Å². The Kier molecular flexibility index (Phi) is 6.78. The molecule has 8 nitrogen and oxygen atoms in total. The van der Waals surface area contributed by atoms with E-state index in [9.17, 15) is 18.0 Å². The summed E-state index contributed by atoms with van der Waals surface area (Å²) in [7, 11) is -4.08. The van der Waals surface area contributed by atoms with Gasteiger partial charge < -0.3 is 4.74 Å². The van der Waals surface area contributed by atoms with Crippen molar-refractivity contribution in [2.45, 2.75) is 18.2 Å². The third-order valence-corrected chi connectivity index (χ3v) is 4.80. The van der Waals surface area contributed by atoms with Gasteiger partial charge in [-0.15, -0.1) is 0 Å². The first kappa shape index (κ1) is 20.7. The van der Waals surface area contributed by atoms with Gasteiger partial charge >= 0.3 is 0 Å². The minimum Gasteiger partial charge on any atom is -0.493 e. The Morgan fingerprint density at radius 1 is 1.15 bits per heavy atom. The lowest BCUT2D eigenvalue weighted by atomic mass is 10.2. The number of primary sulfonamides is 1. The molecule has 0 radical (unpaired) electrons. The van der Waals surface area contributed by atoms with E-state index in [0.29, 0.717) is 5.75 Å². The van der Waals surface area contributed by atoms with Gasteiger partial charge in [-0.3, -0.25) is 20.4 Å². The molecule has 10 heteroatoms. The first-order valence-corrected chi connectivity index (χ1v) is 9.70. The van der Waals surface area contributed by atoms with Gasteiger partial charge in [-0.1, -0.05) is 23.7 Å². The minimum atomic E-state index is -4.08. The maximum Gasteiger partial charge on any atom is 0.269 e. The van der Waals surface area contributed by atoms with Gasteiger partial charge in [0.2, 0.25) is 15.9 Å². The van der Waals surface area contributed by atoms with Crippen molar-refractivity contribution in [3.63, 3.8) is 0 Å². The molecular formula is C17H18ClN3O5S. The van der Waals surface area contributed by atoms with Gasteiger partial charge in [-0.25, -0.2) is 13.6 Å². The lowest BCUT2D eigenvalue weighted by Crippen LogP contribution is -2.42. The molecule has 0 unspecified atom stereocenters. The SMILES string of the molecule is Cc1cccc(OCCC(=O)NNC(=O)c2ccc(Cl)c(S(N)(=O)=O)c2)c1. The number of ether oxygens (including phenoxy) is 1. The van der Waals surface area contributed by atoms with E-state index in [0.717, 1.165) is 11.6 Å². The van der Waals surface area contributed by atoms with Crippen molar-refractivity contribution < 1.29 is 22.7 Å². The number of halogens is 1. The van der Waals surface area contributed by atoms with Gasteiger partial charge in [0, 0.05) is 5.56 Å². The molecule has 4 N–H and O–H groups in total. The zero-order chi connectivity index (χ0) is 20.0. The monoisotopic (exact) mass is 411 g/mol. The normalized spacial score (nSPS) is 10.9. The topological polar surface area (TPSA) is 128 Å². The maximum atomic E-state index is 12.0. The summed E-state index contributed by atoms with van der Waals surface area (Å²) in [5, 5.41) is 4.93. The van der Waals surface area contributed by atoms with Gasteiger partial charge in [0.05, 0.1) is 18.1 Å². The number of aryl methyl sites for hydroxylation is 1. The number of hydrazine groups is 1. The number of carbonyl (C=O) groups excluding carboxylic acids is 2. The lowest BCUT2D eigenvalue weighted by molar-refractivity contribution is -0.122. The number of hydrogen-bond donors (Lipinski definition) is 3. The van der Waals surface area contributed by atoms with Crippen molar-refractivity contribution in [2.24, 2.45) is 5.14 Å². The van der Waals surface area contributed by atoms with E-state index in [-0.39, 0.29) is 28.5 Å². The predicted molar refractivity (Wildman–Crippen MR) is 99.7 cm³/mol. The Hall–Kier alpha value is -2.62. The van der Waals surface area contributed by atoms with E-state index in [1.165, 1.54) is 12.1 Å². The van der Waals surface area contributed by atoms with Crippen LogP contribution in [0.3, 0.4) is 0 Å². The molecule has 0 saturated heterocycles. The zero-order valence-electron chi connectivity index (χ0n) is 14.4. The van der Waals surface area contributed by atoms with Crippen LogP contribution in [-0.4, -0.2) is 26.8 Å². The molecule has 0 heterocycles. The maximum absolute atomic E-state index is 12.0. The van der Waals surface area contributed by atoms with Crippen LogP contribution in [0, 0.1) is 6.92 Å². The number of carbonyl (C=O) groups is 2. The van der Waals surface area contributed by atoms with Crippen molar-refractivity contribution in [3.05, 3.63) is 58.6 Å². The fraction of sp³-hybridized carbons (Fsp3) is 0.176. The second-order valence-corrected chi connectivity index (χ2v) is 7.54. The van der Waals surface area contributed by atoms with Crippen LogP contribution in [0.25, 0.3) is 0 Å². The summed E-state index contributed by atoms with van der Waals surface area (Å²) < 4.78 is 28.3. The summed E-state index contributed by atoms with van der Waals surface area (Å²) in [4.78, 5) is 23.4. The molecular weight excluding hydrogens is 394 g/mol. The summed E-state index contributed by atoms with van der Waals surface area (Å²) in [5.74, 6) is -0.551. The Bertz CT molecular complexity index is 963. The van der Waals surface area contributed by atoms with E-state index >= 15 is 0 Å². The fourth-order valence-corrected chi connectivity index (χ4v) is 3.16. The number of hydrogen-bond acceptors (Lipinski definition) is 5. The van der Waals surface area contributed by atoms with Crippen LogP contribution in [0.15, 0.2) is 47.4 Å². The van der Waals surface area contributed by atoms with Crippen LogP contribution in [-0.2, 0) is 14.8 Å². The molecule has 144 valence electrons. The summed E-state index contributed by atoms with van der Waals surface area (Å²) in [5.41, 5.74) is 5.41. The van der Waals surface area contributed by atoms with E-state index in [4.69, 9.17) is 21.5 Å². The van der Waals surface area contributed by atoms with Crippen molar-refractivity contribution in [1.29, 1.82) is 0 Å². The summed E-state index contributed by atoms with van der Waals surface area (Å²) >= 11 is 5.76. The average Bonchev–Trinajstić information content (AvgIpc) is 2.59. The van der Waals surface area contributed by atoms with E-state index in [1.54, 1.807) is 6.07 Å². The molecule has 2 aromatic rings. The molecule has 0 aromatic heterocycles. The quantitative estimate of drug-likeness (QED) is 0.621. The largest absolute Gasteiger partial charge is 0.493 e. The molecule has 0 spiro atoms. The van der Waals surface area contributed by atoms with Gasteiger partial charge in [-0.2, -0.15) is 0 Å². The number of benzene rings is 2. The third-order valence-electron chi connectivity index (χ3n) is 3.40. The van der Waals surface area contributed by atoms with Crippen LogP contribution < -0.4 is 20.7 Å². The average molecular weight is 412 g/mol. The second kappa shape index (κ2) is 8.85. The van der Waals surface area contributed by atoms with Crippen LogP contribution >= 0.6 is 11.6 Å². The molecule has 0 bridgehead atoms. The van der Waals surface area contributed by atoms with Crippen LogP contribution in [0.5, 0.6) is 5.75 Å². The number of sulfonamides is 1. The smallest absolute Gasteiger partial charge is 0.269 e. The summed E-state index contributed by atoms with van der Waals surface area (Å²) in [6.07, 6.45) is 0.0112. The highest BCUT2D eigenvalue weighted by Gasteiger charge is 2.16. The molecule has 0 aliphatic carbocycles. The number of nitrogens with two attached hydrogens (primary N) is 1. The number of amides is 2. The van der Waals surface area contributed by atoms with Gasteiger partial charge in [0.15, 0.2) is 0 Å². The number of rotatable bonds is 6. The Morgan fingerprint density at radius 2 is 1.89 bits per heavy atom. The number of nitrogens with one attached hydrogen (secondary N) is 2. The Labute approximate surface area is 161 Å². The predicted octanol–water partition coefficient (Wildman–Crippen LogP) is 1.53. The molecule has 2 amide bonds. The van der Waals surface area contributed by atoms with Crippen molar-refractivity contribution in [2.75, 3.05) is 6.61 Å². The van der Waals surface area contributed by atoms with E-state index in [1.807, 2.05) is 25.1 Å². The molecule has 0 aliphatic rings. The van der Waals surface area contributed by atoms with E-state index in [2.05, 4.69) is 10.9 Å². The zero-order valence-corrected chi connectivity index (χ0v) is 15.9. The molecule has 0 fully saturated rings. The highest BCUT2D eigenvalue weighted by Crippen LogP contribution is 2.21. The van der Waals surface area contributed by atoms with Gasteiger partial charge in [-0.05, 0) is 42.8 Å². The highest BCUT2D eigenvalue weighted by molar-refractivity contribution is 7.89. The first-order valence-electron chi connectivity index (χ1n) is 7.78. The third kappa shape index (κ3) is 6.24. The molecule has 2 rings (SSSR count). The summed E-state index contributed by atoms with van der Waals surface area (Å²) in [6.45, 7) is 2.05. The first-order chi connectivity index (χ1) is 12.7.